The van der Waals surface area contributed by atoms with Crippen LogP contribution in [0.15, 0.2) is 54.6 Å². The van der Waals surface area contributed by atoms with Crippen LogP contribution >= 0.6 is 12.2 Å². The maximum atomic E-state index is 5.63. The summed E-state index contributed by atoms with van der Waals surface area (Å²) in [6.45, 7) is 9.21. The number of thiocarbonyl (C=S) groups is 1. The highest BCUT2D eigenvalue weighted by Gasteiger charge is 2.18. The van der Waals surface area contributed by atoms with E-state index in [9.17, 15) is 0 Å². The van der Waals surface area contributed by atoms with Gasteiger partial charge < -0.3 is 10.2 Å². The predicted octanol–water partition coefficient (Wildman–Crippen LogP) is 4.33. The smallest absolute Gasteiger partial charge is 0.173 e. The van der Waals surface area contributed by atoms with Gasteiger partial charge in [-0.05, 0) is 48.8 Å². The second-order valence-corrected chi connectivity index (χ2v) is 7.24. The number of hydrogen-bond acceptors (Lipinski definition) is 2. The van der Waals surface area contributed by atoms with Gasteiger partial charge in [-0.25, -0.2) is 0 Å². The van der Waals surface area contributed by atoms with Crippen LogP contribution in [0.5, 0.6) is 0 Å². The lowest BCUT2D eigenvalue weighted by molar-refractivity contribution is 0.200. The summed E-state index contributed by atoms with van der Waals surface area (Å²) in [6.07, 6.45) is 4.44. The van der Waals surface area contributed by atoms with Gasteiger partial charge in [-0.15, -0.1) is 0 Å². The lowest BCUT2D eigenvalue weighted by atomic mass is 10.1. The molecule has 0 aliphatic carbocycles. The zero-order valence-electron chi connectivity index (χ0n) is 15.6. The molecule has 0 bridgehead atoms. The van der Waals surface area contributed by atoms with Gasteiger partial charge >= 0.3 is 0 Å². The van der Waals surface area contributed by atoms with Gasteiger partial charge in [-0.1, -0.05) is 54.6 Å². The number of aryl methyl sites for hydroxylation is 2. The Morgan fingerprint density at radius 3 is 2.50 bits per heavy atom. The molecule has 26 heavy (non-hydrogen) atoms. The van der Waals surface area contributed by atoms with Gasteiger partial charge in [0.05, 0.1) is 0 Å². The van der Waals surface area contributed by atoms with Crippen molar-refractivity contribution >= 4 is 29.1 Å². The van der Waals surface area contributed by atoms with Crippen LogP contribution in [0, 0.1) is 13.8 Å². The van der Waals surface area contributed by atoms with Crippen LogP contribution in [0.3, 0.4) is 0 Å². The average molecular weight is 366 g/mol. The first-order valence-corrected chi connectivity index (χ1v) is 9.60. The molecule has 3 rings (SSSR count). The van der Waals surface area contributed by atoms with Crippen molar-refractivity contribution in [2.45, 2.75) is 13.8 Å². The number of piperazine rings is 1. The van der Waals surface area contributed by atoms with E-state index in [4.69, 9.17) is 12.2 Å². The van der Waals surface area contributed by atoms with Crippen LogP contribution in [0.4, 0.5) is 5.69 Å². The topological polar surface area (TPSA) is 18.5 Å². The first kappa shape index (κ1) is 18.6. The minimum Gasteiger partial charge on any atom is -0.346 e. The summed E-state index contributed by atoms with van der Waals surface area (Å²) in [5.74, 6) is 0. The Kier molecular flexibility index (Phi) is 6.42. The van der Waals surface area contributed by atoms with Crippen molar-refractivity contribution in [1.82, 2.24) is 9.80 Å². The van der Waals surface area contributed by atoms with Crippen molar-refractivity contribution in [1.29, 1.82) is 0 Å². The third kappa shape index (κ3) is 5.16. The van der Waals surface area contributed by atoms with Crippen LogP contribution in [0.2, 0.25) is 0 Å². The van der Waals surface area contributed by atoms with Crippen molar-refractivity contribution in [2.75, 3.05) is 38.0 Å². The lowest BCUT2D eigenvalue weighted by Gasteiger charge is -2.35. The quantitative estimate of drug-likeness (QED) is 0.813. The van der Waals surface area contributed by atoms with Crippen molar-refractivity contribution in [2.24, 2.45) is 0 Å². The number of anilines is 1. The molecule has 136 valence electrons. The number of rotatable bonds is 4. The molecule has 1 heterocycles. The third-order valence-corrected chi connectivity index (χ3v) is 5.13. The van der Waals surface area contributed by atoms with E-state index in [0.717, 1.165) is 43.5 Å². The molecule has 1 aliphatic rings. The maximum absolute atomic E-state index is 5.63. The standard InChI is InChI=1S/C22H27N3S/c1-18-10-11-19(2)21(17-18)23-22(26)25-15-13-24(14-16-25)12-6-9-20-7-4-3-5-8-20/h3-11,17H,12-16H2,1-2H3,(H,23,26)/b9-6+. The summed E-state index contributed by atoms with van der Waals surface area (Å²) in [7, 11) is 0. The zero-order chi connectivity index (χ0) is 18.4. The normalized spacial score (nSPS) is 15.4. The highest BCUT2D eigenvalue weighted by atomic mass is 32.1. The second-order valence-electron chi connectivity index (χ2n) is 6.85. The summed E-state index contributed by atoms with van der Waals surface area (Å²) in [5, 5.41) is 4.26. The summed E-state index contributed by atoms with van der Waals surface area (Å²) in [4.78, 5) is 4.74. The number of hydrogen-bond donors (Lipinski definition) is 1. The zero-order valence-corrected chi connectivity index (χ0v) is 16.4. The van der Waals surface area contributed by atoms with E-state index in [2.05, 4.69) is 83.6 Å². The van der Waals surface area contributed by atoms with E-state index in [1.165, 1.54) is 16.7 Å². The summed E-state index contributed by atoms with van der Waals surface area (Å²) >= 11 is 5.63. The monoisotopic (exact) mass is 365 g/mol. The minimum absolute atomic E-state index is 0.832. The molecule has 3 nitrogen and oxygen atoms in total. The summed E-state index contributed by atoms with van der Waals surface area (Å²) in [6, 6.07) is 16.9. The molecule has 0 spiro atoms. The molecule has 0 atom stereocenters. The summed E-state index contributed by atoms with van der Waals surface area (Å²) in [5.41, 5.74) is 4.84. The largest absolute Gasteiger partial charge is 0.346 e. The fraction of sp³-hybridized carbons (Fsp3) is 0.318. The van der Waals surface area contributed by atoms with Gasteiger partial charge in [0.25, 0.3) is 0 Å². The van der Waals surface area contributed by atoms with E-state index < -0.39 is 0 Å². The van der Waals surface area contributed by atoms with E-state index in [1.807, 2.05) is 6.07 Å². The van der Waals surface area contributed by atoms with E-state index in [-0.39, 0.29) is 0 Å². The van der Waals surface area contributed by atoms with Gasteiger partial charge in [-0.2, -0.15) is 0 Å². The van der Waals surface area contributed by atoms with E-state index >= 15 is 0 Å². The van der Waals surface area contributed by atoms with Crippen LogP contribution in [-0.2, 0) is 0 Å². The average Bonchev–Trinajstić information content (AvgIpc) is 2.66. The molecule has 2 aromatic rings. The Morgan fingerprint density at radius 1 is 1.04 bits per heavy atom. The fourth-order valence-corrected chi connectivity index (χ4v) is 3.39. The molecular weight excluding hydrogens is 338 g/mol. The molecule has 0 unspecified atom stereocenters. The van der Waals surface area contributed by atoms with Crippen LogP contribution in [0.1, 0.15) is 16.7 Å². The Bertz CT molecular complexity index is 762. The SMILES string of the molecule is Cc1ccc(C)c(NC(=S)N2CCN(C/C=C/c3ccccc3)CC2)c1. The second kappa shape index (κ2) is 8.97. The lowest BCUT2D eigenvalue weighted by Crippen LogP contribution is -2.49. The van der Waals surface area contributed by atoms with Crippen molar-refractivity contribution in [3.05, 3.63) is 71.3 Å². The molecule has 0 saturated carbocycles. The Morgan fingerprint density at radius 2 is 1.77 bits per heavy atom. The fourth-order valence-electron chi connectivity index (χ4n) is 3.10. The minimum atomic E-state index is 0.832. The van der Waals surface area contributed by atoms with Crippen molar-refractivity contribution in [3.8, 4) is 0 Å². The Hall–Kier alpha value is -2.17. The Balaban J connectivity index is 1.46. The molecule has 4 heteroatoms. The van der Waals surface area contributed by atoms with Gasteiger partial charge in [0.1, 0.15) is 0 Å². The molecule has 1 saturated heterocycles. The predicted molar refractivity (Wildman–Crippen MR) is 116 cm³/mol. The molecule has 1 aliphatic heterocycles. The first-order chi connectivity index (χ1) is 12.6. The van der Waals surface area contributed by atoms with Gasteiger partial charge in [-0.3, -0.25) is 4.90 Å². The molecule has 1 fully saturated rings. The van der Waals surface area contributed by atoms with Gasteiger partial charge in [0.15, 0.2) is 5.11 Å². The molecule has 2 aromatic carbocycles. The highest BCUT2D eigenvalue weighted by molar-refractivity contribution is 7.80. The van der Waals surface area contributed by atoms with Crippen LogP contribution in [0.25, 0.3) is 6.08 Å². The molecule has 0 aromatic heterocycles. The first-order valence-electron chi connectivity index (χ1n) is 9.19. The third-order valence-electron chi connectivity index (χ3n) is 4.77. The number of benzene rings is 2. The highest BCUT2D eigenvalue weighted by Crippen LogP contribution is 2.17. The van der Waals surface area contributed by atoms with Gasteiger partial charge in [0, 0.05) is 38.4 Å². The van der Waals surface area contributed by atoms with Gasteiger partial charge in [0.2, 0.25) is 0 Å². The van der Waals surface area contributed by atoms with Crippen LogP contribution in [-0.4, -0.2) is 47.6 Å². The number of nitrogens with zero attached hydrogens (tertiary/aromatic N) is 2. The molecule has 0 amide bonds. The van der Waals surface area contributed by atoms with E-state index in [0.29, 0.717) is 0 Å². The van der Waals surface area contributed by atoms with Crippen LogP contribution < -0.4 is 5.32 Å². The molecule has 0 radical (unpaired) electrons. The van der Waals surface area contributed by atoms with Crippen molar-refractivity contribution in [3.63, 3.8) is 0 Å². The Labute approximate surface area is 162 Å². The maximum Gasteiger partial charge on any atom is 0.173 e. The molecular formula is C22H27N3S. The van der Waals surface area contributed by atoms with E-state index in [1.54, 1.807) is 0 Å². The summed E-state index contributed by atoms with van der Waals surface area (Å²) < 4.78 is 0. The molecule has 1 N–H and O–H groups in total. The van der Waals surface area contributed by atoms with Crippen molar-refractivity contribution < 1.29 is 0 Å². The number of nitrogens with one attached hydrogen (secondary N) is 1.